The maximum absolute atomic E-state index is 11.3. The zero-order chi connectivity index (χ0) is 12.3. The second-order valence-electron chi connectivity index (χ2n) is 3.92. The summed E-state index contributed by atoms with van der Waals surface area (Å²) in [5.41, 5.74) is 5.88. The number of nitrogens with two attached hydrogens (primary N) is 1. The molecule has 0 spiro atoms. The molecule has 0 amide bonds. The molecule has 2 N–H and O–H groups in total. The number of esters is 1. The normalized spacial score (nSPS) is 19.2. The number of hydrogen-bond donors (Lipinski definition) is 1. The zero-order valence-corrected chi connectivity index (χ0v) is 9.68. The van der Waals surface area contributed by atoms with Gasteiger partial charge in [0.2, 0.25) is 0 Å². The monoisotopic (exact) mass is 237 g/mol. The first-order valence-corrected chi connectivity index (χ1v) is 5.52. The number of hydrogen-bond acceptors (Lipinski definition) is 6. The highest BCUT2D eigenvalue weighted by Gasteiger charge is 2.19. The summed E-state index contributed by atoms with van der Waals surface area (Å²) in [6.45, 7) is 0.792. The van der Waals surface area contributed by atoms with E-state index in [9.17, 15) is 4.79 Å². The van der Waals surface area contributed by atoms with E-state index in [0.29, 0.717) is 12.2 Å². The standard InChI is InChI=1S/C11H15N3O3/c1-16-11(15)8-6-13-9(14-10(8)12)5-7-3-2-4-17-7/h6-7H,2-5H2,1H3,(H2,12,13,14). The Bertz CT molecular complexity index is 416. The minimum atomic E-state index is -0.522. The van der Waals surface area contributed by atoms with Crippen molar-refractivity contribution >= 4 is 11.8 Å². The fourth-order valence-electron chi connectivity index (χ4n) is 1.81. The number of ether oxygens (including phenoxy) is 2. The summed E-state index contributed by atoms with van der Waals surface area (Å²) < 4.78 is 10.0. The minimum Gasteiger partial charge on any atom is -0.465 e. The van der Waals surface area contributed by atoms with Crippen molar-refractivity contribution in [2.24, 2.45) is 0 Å². The number of anilines is 1. The quantitative estimate of drug-likeness (QED) is 0.773. The third kappa shape index (κ3) is 2.71. The number of carbonyl (C=O) groups is 1. The Morgan fingerprint density at radius 3 is 3.12 bits per heavy atom. The average Bonchev–Trinajstić information content (AvgIpc) is 2.81. The molecule has 92 valence electrons. The maximum Gasteiger partial charge on any atom is 0.343 e. The highest BCUT2D eigenvalue weighted by atomic mass is 16.5. The molecule has 1 unspecified atom stereocenters. The molecule has 0 bridgehead atoms. The summed E-state index contributed by atoms with van der Waals surface area (Å²) in [6.07, 6.45) is 4.28. The SMILES string of the molecule is COC(=O)c1cnc(CC2CCCO2)nc1N. The second-order valence-corrected chi connectivity index (χ2v) is 3.92. The molecule has 1 fully saturated rings. The molecule has 1 atom stereocenters. The molecule has 1 saturated heterocycles. The molecule has 1 aromatic rings. The minimum absolute atomic E-state index is 0.153. The molecule has 6 nitrogen and oxygen atoms in total. The van der Waals surface area contributed by atoms with Crippen LogP contribution in [0.5, 0.6) is 0 Å². The van der Waals surface area contributed by atoms with Crippen molar-refractivity contribution in [3.8, 4) is 0 Å². The van der Waals surface area contributed by atoms with E-state index in [0.717, 1.165) is 19.4 Å². The summed E-state index contributed by atoms with van der Waals surface area (Å²) >= 11 is 0. The van der Waals surface area contributed by atoms with Gasteiger partial charge in [-0.3, -0.25) is 0 Å². The Hall–Kier alpha value is -1.69. The van der Waals surface area contributed by atoms with Gasteiger partial charge in [-0.15, -0.1) is 0 Å². The van der Waals surface area contributed by atoms with Crippen molar-refractivity contribution in [1.82, 2.24) is 9.97 Å². The third-order valence-corrected chi connectivity index (χ3v) is 2.71. The first-order chi connectivity index (χ1) is 8.20. The van der Waals surface area contributed by atoms with Crippen molar-refractivity contribution in [1.29, 1.82) is 0 Å². The predicted octanol–water partition coefficient (Wildman–Crippen LogP) is 0.567. The molecular weight excluding hydrogens is 222 g/mol. The molecule has 0 aromatic carbocycles. The molecule has 1 aromatic heterocycles. The van der Waals surface area contributed by atoms with Gasteiger partial charge in [0.05, 0.1) is 13.2 Å². The molecule has 2 rings (SSSR count). The molecule has 0 aliphatic carbocycles. The molecular formula is C11H15N3O3. The molecule has 2 heterocycles. The lowest BCUT2D eigenvalue weighted by Crippen LogP contribution is -2.15. The predicted molar refractivity (Wildman–Crippen MR) is 60.5 cm³/mol. The maximum atomic E-state index is 11.3. The van der Waals surface area contributed by atoms with Gasteiger partial charge in [-0.1, -0.05) is 0 Å². The molecule has 17 heavy (non-hydrogen) atoms. The van der Waals surface area contributed by atoms with Crippen LogP contribution in [-0.2, 0) is 15.9 Å². The van der Waals surface area contributed by atoms with Crippen LogP contribution in [0.25, 0.3) is 0 Å². The average molecular weight is 237 g/mol. The van der Waals surface area contributed by atoms with E-state index in [-0.39, 0.29) is 17.5 Å². The van der Waals surface area contributed by atoms with Crippen LogP contribution in [0.15, 0.2) is 6.20 Å². The number of carbonyl (C=O) groups excluding carboxylic acids is 1. The lowest BCUT2D eigenvalue weighted by molar-refractivity contribution is 0.0601. The van der Waals surface area contributed by atoms with Gasteiger partial charge in [0.25, 0.3) is 0 Å². The van der Waals surface area contributed by atoms with Crippen LogP contribution in [0.1, 0.15) is 29.0 Å². The Kier molecular flexibility index (Phi) is 3.53. The van der Waals surface area contributed by atoms with Gasteiger partial charge >= 0.3 is 5.97 Å². The van der Waals surface area contributed by atoms with E-state index >= 15 is 0 Å². The van der Waals surface area contributed by atoms with Crippen molar-refractivity contribution in [2.45, 2.75) is 25.4 Å². The highest BCUT2D eigenvalue weighted by Crippen LogP contribution is 2.16. The van der Waals surface area contributed by atoms with Gasteiger partial charge in [-0.25, -0.2) is 14.8 Å². The van der Waals surface area contributed by atoms with Gasteiger partial charge < -0.3 is 15.2 Å². The summed E-state index contributed by atoms with van der Waals surface area (Å²) in [7, 11) is 1.29. The van der Waals surface area contributed by atoms with Crippen molar-refractivity contribution in [2.75, 3.05) is 19.5 Å². The molecule has 6 heteroatoms. The van der Waals surface area contributed by atoms with E-state index in [4.69, 9.17) is 10.5 Å². The molecule has 1 aliphatic heterocycles. The number of nitrogen functional groups attached to an aromatic ring is 1. The topological polar surface area (TPSA) is 87.3 Å². The Labute approximate surface area is 99.1 Å². The van der Waals surface area contributed by atoms with Gasteiger partial charge in [-0.2, -0.15) is 0 Å². The highest BCUT2D eigenvalue weighted by molar-refractivity contribution is 5.93. The lowest BCUT2D eigenvalue weighted by atomic mass is 10.2. The molecule has 0 saturated carbocycles. The fraction of sp³-hybridized carbons (Fsp3) is 0.545. The molecule has 0 radical (unpaired) electrons. The Morgan fingerprint density at radius 1 is 1.71 bits per heavy atom. The second kappa shape index (κ2) is 5.09. The van der Waals surface area contributed by atoms with Crippen LogP contribution in [0.2, 0.25) is 0 Å². The first-order valence-electron chi connectivity index (χ1n) is 5.52. The number of nitrogens with zero attached hydrogens (tertiary/aromatic N) is 2. The van der Waals surface area contributed by atoms with E-state index in [1.165, 1.54) is 13.3 Å². The Morgan fingerprint density at radius 2 is 2.53 bits per heavy atom. The van der Waals surface area contributed by atoms with E-state index in [1.54, 1.807) is 0 Å². The fourth-order valence-corrected chi connectivity index (χ4v) is 1.81. The van der Waals surface area contributed by atoms with Gasteiger partial charge in [-0.05, 0) is 12.8 Å². The van der Waals surface area contributed by atoms with Gasteiger partial charge in [0.1, 0.15) is 17.2 Å². The van der Waals surface area contributed by atoms with E-state index in [2.05, 4.69) is 14.7 Å². The summed E-state index contributed by atoms with van der Waals surface area (Å²) in [5.74, 6) is 0.230. The smallest absolute Gasteiger partial charge is 0.343 e. The number of methoxy groups -OCH3 is 1. The van der Waals surface area contributed by atoms with Crippen LogP contribution in [-0.4, -0.2) is 35.8 Å². The van der Waals surface area contributed by atoms with Crippen LogP contribution in [0, 0.1) is 0 Å². The van der Waals surface area contributed by atoms with E-state index in [1.807, 2.05) is 0 Å². The zero-order valence-electron chi connectivity index (χ0n) is 9.68. The van der Waals surface area contributed by atoms with Crippen molar-refractivity contribution in [3.05, 3.63) is 17.6 Å². The van der Waals surface area contributed by atoms with Crippen LogP contribution < -0.4 is 5.73 Å². The van der Waals surface area contributed by atoms with E-state index < -0.39 is 5.97 Å². The van der Waals surface area contributed by atoms with Crippen LogP contribution >= 0.6 is 0 Å². The first kappa shape index (κ1) is 11.8. The largest absolute Gasteiger partial charge is 0.465 e. The summed E-state index contributed by atoms with van der Waals surface area (Å²) in [6, 6.07) is 0. The van der Waals surface area contributed by atoms with Crippen LogP contribution in [0.4, 0.5) is 5.82 Å². The molecule has 1 aliphatic rings. The third-order valence-electron chi connectivity index (χ3n) is 2.71. The summed E-state index contributed by atoms with van der Waals surface area (Å²) in [5, 5.41) is 0. The van der Waals surface area contributed by atoms with Crippen molar-refractivity contribution in [3.63, 3.8) is 0 Å². The van der Waals surface area contributed by atoms with Gasteiger partial charge in [0.15, 0.2) is 0 Å². The van der Waals surface area contributed by atoms with Gasteiger partial charge in [0, 0.05) is 19.2 Å². The van der Waals surface area contributed by atoms with Crippen LogP contribution in [0.3, 0.4) is 0 Å². The Balaban J connectivity index is 2.10. The number of aromatic nitrogens is 2. The number of rotatable bonds is 3. The summed E-state index contributed by atoms with van der Waals surface area (Å²) in [4.78, 5) is 19.5. The lowest BCUT2D eigenvalue weighted by Gasteiger charge is -2.09. The van der Waals surface area contributed by atoms with Crippen molar-refractivity contribution < 1.29 is 14.3 Å².